The van der Waals surface area contributed by atoms with E-state index >= 15 is 0 Å². The Morgan fingerprint density at radius 3 is 2.44 bits per heavy atom. The van der Waals surface area contributed by atoms with Crippen molar-refractivity contribution in [1.82, 2.24) is 5.32 Å². The standard InChI is InChI=1S/C15H31NO2/c1-4-16-14(10-9-13-17-3)15(18-5-2)11-7-6-8-12-15/h14,16H,4-13H2,1-3H3. The van der Waals surface area contributed by atoms with Crippen LogP contribution in [0.4, 0.5) is 0 Å². The summed E-state index contributed by atoms with van der Waals surface area (Å²) in [6.45, 7) is 7.00. The lowest BCUT2D eigenvalue weighted by Gasteiger charge is -2.44. The third-order valence-electron chi connectivity index (χ3n) is 4.06. The number of likely N-dealkylation sites (N-methyl/N-ethyl adjacent to an activating group) is 1. The zero-order valence-corrected chi connectivity index (χ0v) is 12.5. The number of hydrogen-bond acceptors (Lipinski definition) is 3. The third-order valence-corrected chi connectivity index (χ3v) is 4.06. The van der Waals surface area contributed by atoms with Gasteiger partial charge < -0.3 is 14.8 Å². The van der Waals surface area contributed by atoms with Gasteiger partial charge in [0.15, 0.2) is 0 Å². The van der Waals surface area contributed by atoms with Crippen LogP contribution in [0.25, 0.3) is 0 Å². The van der Waals surface area contributed by atoms with Gasteiger partial charge in [0.1, 0.15) is 0 Å². The minimum absolute atomic E-state index is 0.0801. The van der Waals surface area contributed by atoms with E-state index in [0.29, 0.717) is 6.04 Å². The van der Waals surface area contributed by atoms with E-state index in [-0.39, 0.29) is 5.60 Å². The maximum atomic E-state index is 6.21. The molecule has 1 aliphatic rings. The van der Waals surface area contributed by atoms with Gasteiger partial charge in [-0.3, -0.25) is 0 Å². The van der Waals surface area contributed by atoms with Crippen LogP contribution in [0, 0.1) is 0 Å². The second-order valence-electron chi connectivity index (χ2n) is 5.30. The van der Waals surface area contributed by atoms with Crippen LogP contribution in [0.5, 0.6) is 0 Å². The molecule has 0 heterocycles. The summed E-state index contributed by atoms with van der Waals surface area (Å²) in [6.07, 6.45) is 8.69. The van der Waals surface area contributed by atoms with Crippen molar-refractivity contribution in [2.45, 2.75) is 70.4 Å². The Balaban J connectivity index is 2.62. The Bertz CT molecular complexity index is 197. The van der Waals surface area contributed by atoms with Crippen molar-refractivity contribution in [2.75, 3.05) is 26.9 Å². The van der Waals surface area contributed by atoms with Gasteiger partial charge in [0, 0.05) is 26.4 Å². The van der Waals surface area contributed by atoms with E-state index in [2.05, 4.69) is 19.2 Å². The van der Waals surface area contributed by atoms with Crippen LogP contribution in [-0.2, 0) is 9.47 Å². The molecule has 3 nitrogen and oxygen atoms in total. The molecule has 0 saturated heterocycles. The van der Waals surface area contributed by atoms with Crippen LogP contribution in [0.15, 0.2) is 0 Å². The summed E-state index contributed by atoms with van der Waals surface area (Å²) >= 11 is 0. The zero-order valence-electron chi connectivity index (χ0n) is 12.5. The summed E-state index contributed by atoms with van der Waals surface area (Å²) in [5.41, 5.74) is 0.0801. The van der Waals surface area contributed by atoms with E-state index in [0.717, 1.165) is 32.6 Å². The number of rotatable bonds is 9. The molecular formula is C15H31NO2. The molecule has 1 rings (SSSR count). The molecule has 0 aromatic heterocycles. The van der Waals surface area contributed by atoms with E-state index in [1.165, 1.54) is 32.1 Å². The van der Waals surface area contributed by atoms with Crippen LogP contribution in [0.1, 0.15) is 58.8 Å². The van der Waals surface area contributed by atoms with Crippen molar-refractivity contribution in [3.05, 3.63) is 0 Å². The Labute approximate surface area is 113 Å². The second kappa shape index (κ2) is 8.89. The minimum atomic E-state index is 0.0801. The Kier molecular flexibility index (Phi) is 7.87. The second-order valence-corrected chi connectivity index (χ2v) is 5.30. The van der Waals surface area contributed by atoms with Crippen LogP contribution in [-0.4, -0.2) is 38.5 Å². The maximum absolute atomic E-state index is 6.21. The van der Waals surface area contributed by atoms with E-state index in [4.69, 9.17) is 9.47 Å². The SMILES string of the molecule is CCNC(CCCOC)C1(OCC)CCCCC1. The summed E-state index contributed by atoms with van der Waals surface area (Å²) < 4.78 is 11.4. The van der Waals surface area contributed by atoms with Gasteiger partial charge in [-0.1, -0.05) is 26.2 Å². The van der Waals surface area contributed by atoms with Gasteiger partial charge >= 0.3 is 0 Å². The van der Waals surface area contributed by atoms with Crippen molar-refractivity contribution in [3.63, 3.8) is 0 Å². The van der Waals surface area contributed by atoms with Gasteiger partial charge in [0.2, 0.25) is 0 Å². The quantitative estimate of drug-likeness (QED) is 0.644. The molecule has 18 heavy (non-hydrogen) atoms. The molecule has 1 atom stereocenters. The summed E-state index contributed by atoms with van der Waals surface area (Å²) in [6, 6.07) is 0.484. The van der Waals surface area contributed by atoms with Gasteiger partial charge in [0.25, 0.3) is 0 Å². The van der Waals surface area contributed by atoms with Gasteiger partial charge in [-0.15, -0.1) is 0 Å². The first-order valence-corrected chi connectivity index (χ1v) is 7.65. The maximum Gasteiger partial charge on any atom is 0.0834 e. The number of ether oxygens (including phenoxy) is 2. The highest BCUT2D eigenvalue weighted by Crippen LogP contribution is 2.36. The molecule has 1 fully saturated rings. The summed E-state index contributed by atoms with van der Waals surface area (Å²) in [5, 5.41) is 3.66. The van der Waals surface area contributed by atoms with E-state index in [1.807, 2.05) is 0 Å². The molecule has 0 radical (unpaired) electrons. The monoisotopic (exact) mass is 257 g/mol. The first-order valence-electron chi connectivity index (χ1n) is 7.65. The van der Waals surface area contributed by atoms with Gasteiger partial charge in [-0.05, 0) is 39.2 Å². The van der Waals surface area contributed by atoms with E-state index in [9.17, 15) is 0 Å². The highest BCUT2D eigenvalue weighted by atomic mass is 16.5. The molecule has 0 bridgehead atoms. The largest absolute Gasteiger partial charge is 0.385 e. The first kappa shape index (κ1) is 15.9. The predicted molar refractivity (Wildman–Crippen MR) is 76.0 cm³/mol. The Hall–Kier alpha value is -0.120. The highest BCUT2D eigenvalue weighted by Gasteiger charge is 2.39. The van der Waals surface area contributed by atoms with Gasteiger partial charge in [-0.2, -0.15) is 0 Å². The van der Waals surface area contributed by atoms with E-state index in [1.54, 1.807) is 7.11 Å². The van der Waals surface area contributed by atoms with Crippen molar-refractivity contribution in [1.29, 1.82) is 0 Å². The van der Waals surface area contributed by atoms with Gasteiger partial charge in [-0.25, -0.2) is 0 Å². The van der Waals surface area contributed by atoms with Crippen LogP contribution < -0.4 is 5.32 Å². The fraction of sp³-hybridized carbons (Fsp3) is 1.00. The van der Waals surface area contributed by atoms with Crippen LogP contribution in [0.3, 0.4) is 0 Å². The lowest BCUT2D eigenvalue weighted by molar-refractivity contribution is -0.0921. The summed E-state index contributed by atoms with van der Waals surface area (Å²) in [7, 11) is 1.78. The normalized spacial score (nSPS) is 20.8. The summed E-state index contributed by atoms with van der Waals surface area (Å²) in [4.78, 5) is 0. The molecule has 1 aliphatic carbocycles. The molecule has 1 saturated carbocycles. The van der Waals surface area contributed by atoms with Crippen molar-refractivity contribution in [2.24, 2.45) is 0 Å². The number of hydrogen-bond donors (Lipinski definition) is 1. The molecule has 0 amide bonds. The van der Waals surface area contributed by atoms with Gasteiger partial charge in [0.05, 0.1) is 5.60 Å². The summed E-state index contributed by atoms with van der Waals surface area (Å²) in [5.74, 6) is 0. The third kappa shape index (κ3) is 4.52. The topological polar surface area (TPSA) is 30.5 Å². The average Bonchev–Trinajstić information content (AvgIpc) is 2.39. The lowest BCUT2D eigenvalue weighted by atomic mass is 9.77. The molecule has 3 heteroatoms. The van der Waals surface area contributed by atoms with Crippen molar-refractivity contribution >= 4 is 0 Å². The van der Waals surface area contributed by atoms with E-state index < -0.39 is 0 Å². The van der Waals surface area contributed by atoms with Crippen LogP contribution >= 0.6 is 0 Å². The van der Waals surface area contributed by atoms with Crippen molar-refractivity contribution in [3.8, 4) is 0 Å². The number of methoxy groups -OCH3 is 1. The fourth-order valence-corrected chi connectivity index (χ4v) is 3.26. The fourth-order valence-electron chi connectivity index (χ4n) is 3.26. The zero-order chi connectivity index (χ0) is 13.3. The molecule has 1 N–H and O–H groups in total. The Morgan fingerprint density at radius 1 is 1.17 bits per heavy atom. The molecule has 0 aromatic carbocycles. The molecular weight excluding hydrogens is 226 g/mol. The molecule has 1 unspecified atom stereocenters. The predicted octanol–water partition coefficient (Wildman–Crippen LogP) is 3.13. The minimum Gasteiger partial charge on any atom is -0.385 e. The smallest absolute Gasteiger partial charge is 0.0834 e. The Morgan fingerprint density at radius 2 is 1.89 bits per heavy atom. The number of nitrogens with one attached hydrogen (secondary N) is 1. The average molecular weight is 257 g/mol. The molecule has 108 valence electrons. The molecule has 0 spiro atoms. The highest BCUT2D eigenvalue weighted by molar-refractivity contribution is 4.95. The van der Waals surface area contributed by atoms with Crippen molar-refractivity contribution < 1.29 is 9.47 Å². The lowest BCUT2D eigenvalue weighted by Crippen LogP contribution is -2.53. The molecule has 0 aromatic rings. The molecule has 0 aliphatic heterocycles. The van der Waals surface area contributed by atoms with Crippen LogP contribution in [0.2, 0.25) is 0 Å². The first-order chi connectivity index (χ1) is 8.79.